The SMILES string of the molecule is Cc1c(F)ccc2cccc(-c3nc(OC(C)C)c4c(N5CC6CCC(C5)N6)nc(OC[C@]56CCCN5[C@@H](CO)CC6)nc4c3F)c12. The van der Waals surface area contributed by atoms with Crippen LogP contribution in [0.4, 0.5) is 14.6 Å². The Balaban J connectivity index is 1.31. The minimum Gasteiger partial charge on any atom is -0.474 e. The van der Waals surface area contributed by atoms with E-state index in [2.05, 4.69) is 15.1 Å². The van der Waals surface area contributed by atoms with Crippen molar-refractivity contribution in [2.24, 2.45) is 0 Å². The molecular weight excluding hydrogens is 602 g/mol. The lowest BCUT2D eigenvalue weighted by Gasteiger charge is -2.35. The van der Waals surface area contributed by atoms with Crippen LogP contribution in [0.2, 0.25) is 0 Å². The number of hydrogen-bond acceptors (Lipinski definition) is 9. The smallest absolute Gasteiger partial charge is 0.319 e. The van der Waals surface area contributed by atoms with E-state index >= 15 is 4.39 Å². The molecule has 0 aliphatic carbocycles. The average molecular weight is 645 g/mol. The first-order valence-electron chi connectivity index (χ1n) is 17.0. The zero-order chi connectivity index (χ0) is 32.4. The van der Waals surface area contributed by atoms with Crippen LogP contribution in [0.3, 0.4) is 0 Å². The van der Waals surface area contributed by atoms with E-state index < -0.39 is 5.82 Å². The van der Waals surface area contributed by atoms with Gasteiger partial charge >= 0.3 is 6.01 Å². The highest BCUT2D eigenvalue weighted by Gasteiger charge is 2.49. The topological polar surface area (TPSA) is 95.9 Å². The lowest BCUT2D eigenvalue weighted by atomic mass is 9.95. The first-order valence-corrected chi connectivity index (χ1v) is 17.0. The van der Waals surface area contributed by atoms with Crippen molar-refractivity contribution in [2.75, 3.05) is 37.7 Å². The Hall–Kier alpha value is -3.67. The molecule has 6 heterocycles. The Morgan fingerprint density at radius 1 is 1.02 bits per heavy atom. The van der Waals surface area contributed by atoms with Gasteiger partial charge in [-0.15, -0.1) is 0 Å². The van der Waals surface area contributed by atoms with E-state index in [1.54, 1.807) is 19.1 Å². The maximum absolute atomic E-state index is 17.2. The van der Waals surface area contributed by atoms with Crippen molar-refractivity contribution < 1.29 is 23.4 Å². The van der Waals surface area contributed by atoms with Crippen molar-refractivity contribution in [1.82, 2.24) is 25.2 Å². The third kappa shape index (κ3) is 5.18. The van der Waals surface area contributed by atoms with Gasteiger partial charge in [0.15, 0.2) is 5.82 Å². The minimum absolute atomic E-state index is 0.0468. The van der Waals surface area contributed by atoms with E-state index in [4.69, 9.17) is 24.4 Å². The highest BCUT2D eigenvalue weighted by Crippen LogP contribution is 2.44. The van der Waals surface area contributed by atoms with Gasteiger partial charge in [-0.25, -0.2) is 13.8 Å². The number of aromatic nitrogens is 3. The first kappa shape index (κ1) is 30.7. The molecule has 2 bridgehead atoms. The van der Waals surface area contributed by atoms with Gasteiger partial charge < -0.3 is 24.8 Å². The van der Waals surface area contributed by atoms with Crippen LogP contribution in [0.25, 0.3) is 32.9 Å². The normalized spacial score (nSPS) is 25.8. The van der Waals surface area contributed by atoms with Crippen molar-refractivity contribution in [3.8, 4) is 23.1 Å². The second-order valence-electron chi connectivity index (χ2n) is 14.1. The van der Waals surface area contributed by atoms with Crippen molar-refractivity contribution in [3.63, 3.8) is 0 Å². The fraction of sp³-hybridized carbons (Fsp3) is 0.528. The van der Waals surface area contributed by atoms with Crippen molar-refractivity contribution in [2.45, 2.75) is 89.1 Å². The summed E-state index contributed by atoms with van der Waals surface area (Å²) >= 11 is 0. The number of fused-ring (bicyclic) bond motifs is 5. The molecule has 4 aliphatic rings. The number of aliphatic hydroxyl groups is 1. The number of piperazine rings is 1. The Morgan fingerprint density at radius 2 is 1.83 bits per heavy atom. The van der Waals surface area contributed by atoms with Gasteiger partial charge in [0.25, 0.3) is 0 Å². The van der Waals surface area contributed by atoms with Crippen LogP contribution >= 0.6 is 0 Å². The van der Waals surface area contributed by atoms with Crippen molar-refractivity contribution in [1.29, 1.82) is 0 Å². The molecule has 4 atom stereocenters. The number of pyridine rings is 1. The Kier molecular flexibility index (Phi) is 7.69. The molecular formula is C36H42F2N6O3. The molecule has 0 spiro atoms. The maximum atomic E-state index is 17.2. The van der Waals surface area contributed by atoms with Gasteiger partial charge in [-0.1, -0.05) is 24.3 Å². The third-order valence-corrected chi connectivity index (χ3v) is 10.8. The average Bonchev–Trinajstić information content (AvgIpc) is 3.74. The number of hydrogen-bond donors (Lipinski definition) is 2. The summed E-state index contributed by atoms with van der Waals surface area (Å²) in [5.41, 5.74) is 0.816. The molecule has 2 aromatic heterocycles. The van der Waals surface area contributed by atoms with Gasteiger partial charge in [0.2, 0.25) is 5.88 Å². The predicted molar refractivity (Wildman–Crippen MR) is 177 cm³/mol. The van der Waals surface area contributed by atoms with E-state index in [0.29, 0.717) is 59.5 Å². The van der Waals surface area contributed by atoms with Gasteiger partial charge in [0, 0.05) is 36.8 Å². The molecule has 248 valence electrons. The highest BCUT2D eigenvalue weighted by molar-refractivity contribution is 6.02. The fourth-order valence-corrected chi connectivity index (χ4v) is 8.59. The minimum atomic E-state index is -0.624. The molecule has 0 amide bonds. The Morgan fingerprint density at radius 3 is 2.60 bits per heavy atom. The molecule has 2 aromatic carbocycles. The maximum Gasteiger partial charge on any atom is 0.319 e. The highest BCUT2D eigenvalue weighted by atomic mass is 19.1. The number of nitrogens with one attached hydrogen (secondary N) is 1. The van der Waals surface area contributed by atoms with Crippen molar-refractivity contribution in [3.05, 3.63) is 47.5 Å². The summed E-state index contributed by atoms with van der Waals surface area (Å²) in [5.74, 6) is -0.195. The van der Waals surface area contributed by atoms with E-state index in [1.807, 2.05) is 26.0 Å². The first-order chi connectivity index (χ1) is 22.7. The molecule has 11 heteroatoms. The Bertz CT molecular complexity index is 1840. The number of rotatable bonds is 8. The summed E-state index contributed by atoms with van der Waals surface area (Å²) in [6, 6.07) is 9.47. The molecule has 2 N–H and O–H groups in total. The monoisotopic (exact) mass is 644 g/mol. The zero-order valence-corrected chi connectivity index (χ0v) is 27.2. The molecule has 4 fully saturated rings. The lowest BCUT2D eigenvalue weighted by Crippen LogP contribution is -2.51. The summed E-state index contributed by atoms with van der Waals surface area (Å²) in [4.78, 5) is 19.1. The molecule has 4 saturated heterocycles. The second kappa shape index (κ2) is 11.8. The summed E-state index contributed by atoms with van der Waals surface area (Å²) in [6.07, 6.45) is 5.73. The summed E-state index contributed by atoms with van der Waals surface area (Å²) in [6.45, 7) is 8.35. The number of aliphatic hydroxyl groups excluding tert-OH is 1. The van der Waals surface area contributed by atoms with Crippen LogP contribution in [0, 0.1) is 18.6 Å². The van der Waals surface area contributed by atoms with Crippen LogP contribution in [-0.2, 0) is 0 Å². The van der Waals surface area contributed by atoms with E-state index in [9.17, 15) is 9.50 Å². The van der Waals surface area contributed by atoms with Crippen LogP contribution < -0.4 is 19.7 Å². The van der Waals surface area contributed by atoms with E-state index in [0.717, 1.165) is 50.5 Å². The summed E-state index contributed by atoms with van der Waals surface area (Å²) in [5, 5.41) is 15.5. The molecule has 4 aliphatic heterocycles. The van der Waals surface area contributed by atoms with Crippen molar-refractivity contribution >= 4 is 27.5 Å². The number of aryl methyl sites for hydroxylation is 1. The number of benzene rings is 2. The van der Waals surface area contributed by atoms with Crippen LogP contribution in [0.5, 0.6) is 11.9 Å². The second-order valence-corrected chi connectivity index (χ2v) is 14.1. The van der Waals surface area contributed by atoms with Gasteiger partial charge in [-0.05, 0) is 88.2 Å². The van der Waals surface area contributed by atoms with Crippen LogP contribution in [0.1, 0.15) is 57.9 Å². The zero-order valence-electron chi connectivity index (χ0n) is 27.2. The molecule has 2 unspecified atom stereocenters. The number of nitrogens with zero attached hydrogens (tertiary/aromatic N) is 5. The molecule has 4 aromatic rings. The van der Waals surface area contributed by atoms with Crippen LogP contribution in [-0.4, -0.2) is 87.6 Å². The van der Waals surface area contributed by atoms with Gasteiger partial charge in [-0.2, -0.15) is 9.97 Å². The molecule has 0 saturated carbocycles. The third-order valence-electron chi connectivity index (χ3n) is 10.8. The lowest BCUT2D eigenvalue weighted by molar-refractivity contribution is 0.0644. The van der Waals surface area contributed by atoms with Gasteiger partial charge in [0.05, 0.1) is 18.2 Å². The quantitative estimate of drug-likeness (QED) is 0.257. The fourth-order valence-electron chi connectivity index (χ4n) is 8.59. The molecule has 0 radical (unpaired) electrons. The standard InChI is InChI=1S/C36H42F2N6O3/c1-20(2)47-34-29-32(30(38)31(40-34)26-7-4-6-22-8-11-27(37)21(3)28(22)26)41-35(42-33(29)43-16-23-9-10-24(17-43)39-23)46-19-36-13-5-15-44(36)25(18-45)12-14-36/h4,6-8,11,20,23-25,39,45H,5,9-10,12-19H2,1-3H3/t23?,24?,25-,36-/m1/s1. The number of halogens is 2. The van der Waals surface area contributed by atoms with E-state index in [1.165, 1.54) is 6.07 Å². The van der Waals surface area contributed by atoms with Crippen LogP contribution in [0.15, 0.2) is 30.3 Å². The summed E-state index contributed by atoms with van der Waals surface area (Å²) in [7, 11) is 0. The van der Waals surface area contributed by atoms with E-state index in [-0.39, 0.29) is 53.2 Å². The number of ether oxygens (including phenoxy) is 2. The predicted octanol–water partition coefficient (Wildman–Crippen LogP) is 5.53. The molecule has 47 heavy (non-hydrogen) atoms. The molecule has 9 nitrogen and oxygen atoms in total. The summed E-state index contributed by atoms with van der Waals surface area (Å²) < 4.78 is 44.8. The Labute approximate surface area is 273 Å². The largest absolute Gasteiger partial charge is 0.474 e. The molecule has 8 rings (SSSR count). The van der Waals surface area contributed by atoms with Gasteiger partial charge in [0.1, 0.15) is 34.8 Å². The number of anilines is 1. The van der Waals surface area contributed by atoms with Gasteiger partial charge in [-0.3, -0.25) is 4.90 Å².